The largest absolute Gasteiger partial charge is 0.106 e. The molecule has 0 saturated heterocycles. The minimum absolute atomic E-state index is 1.23. The first-order valence-electron chi connectivity index (χ1n) is 7.23. The lowest BCUT2D eigenvalue weighted by Crippen LogP contribution is -1.70. The highest BCUT2D eigenvalue weighted by Crippen LogP contribution is 2.06. The molecule has 0 atom stereocenters. The molecule has 2 aromatic rings. The van der Waals surface area contributed by atoms with E-state index < -0.39 is 0 Å². The van der Waals surface area contributed by atoms with Gasteiger partial charge in [0.25, 0.3) is 0 Å². The Labute approximate surface area is 125 Å². The van der Waals surface area contributed by atoms with E-state index in [0.29, 0.717) is 0 Å². The summed E-state index contributed by atoms with van der Waals surface area (Å²) in [7, 11) is 0. The third-order valence-electron chi connectivity index (χ3n) is 2.07. The minimum Gasteiger partial charge on any atom is -0.106 e. The second kappa shape index (κ2) is 16.9. The molecule has 20 heavy (non-hydrogen) atoms. The molecule has 0 spiro atoms. The SMILES string of the molecule is C(=C\c1ccccc1)/c1ccccc1.C=C.CC.CC. The van der Waals surface area contributed by atoms with E-state index in [1.54, 1.807) is 0 Å². The highest BCUT2D eigenvalue weighted by Gasteiger charge is 1.84. The average Bonchev–Trinajstić information content (AvgIpc) is 2.60. The molecule has 0 saturated carbocycles. The lowest BCUT2D eigenvalue weighted by molar-refractivity contribution is 1.50. The van der Waals surface area contributed by atoms with Gasteiger partial charge in [0.15, 0.2) is 0 Å². The normalized spacial score (nSPS) is 8.20. The summed E-state index contributed by atoms with van der Waals surface area (Å²) in [4.78, 5) is 0. The van der Waals surface area contributed by atoms with Crippen molar-refractivity contribution in [2.24, 2.45) is 0 Å². The van der Waals surface area contributed by atoms with Crippen molar-refractivity contribution < 1.29 is 0 Å². The fourth-order valence-electron chi connectivity index (χ4n) is 1.32. The molecule has 2 rings (SSSR count). The Morgan fingerprint density at radius 1 is 0.550 bits per heavy atom. The van der Waals surface area contributed by atoms with Gasteiger partial charge in [-0.2, -0.15) is 0 Å². The number of rotatable bonds is 2. The van der Waals surface area contributed by atoms with E-state index in [0.717, 1.165) is 0 Å². The van der Waals surface area contributed by atoms with Crippen LogP contribution in [-0.4, -0.2) is 0 Å². The van der Waals surface area contributed by atoms with Gasteiger partial charge in [-0.3, -0.25) is 0 Å². The van der Waals surface area contributed by atoms with Crippen LogP contribution in [0.3, 0.4) is 0 Å². The molecule has 0 heteroatoms. The van der Waals surface area contributed by atoms with Crippen molar-refractivity contribution in [3.05, 3.63) is 84.9 Å². The summed E-state index contributed by atoms with van der Waals surface area (Å²) in [5.41, 5.74) is 2.47. The molecule has 0 radical (unpaired) electrons. The van der Waals surface area contributed by atoms with E-state index in [9.17, 15) is 0 Å². The molecule has 0 aliphatic rings. The zero-order valence-corrected chi connectivity index (χ0v) is 13.3. The van der Waals surface area contributed by atoms with E-state index in [4.69, 9.17) is 0 Å². The predicted octanol–water partition coefficient (Wildman–Crippen LogP) is 6.71. The van der Waals surface area contributed by atoms with Crippen molar-refractivity contribution in [1.82, 2.24) is 0 Å². The van der Waals surface area contributed by atoms with Crippen LogP contribution >= 0.6 is 0 Å². The Kier molecular flexibility index (Phi) is 17.1. The van der Waals surface area contributed by atoms with E-state index in [1.807, 2.05) is 64.1 Å². The molecule has 0 nitrogen and oxygen atoms in total. The quantitative estimate of drug-likeness (QED) is 0.419. The summed E-state index contributed by atoms with van der Waals surface area (Å²) in [5, 5.41) is 0. The Hall–Kier alpha value is -2.08. The smallest absolute Gasteiger partial charge is 0.0256 e. The molecular weight excluding hydrogens is 240 g/mol. The van der Waals surface area contributed by atoms with Crippen LogP contribution in [0.5, 0.6) is 0 Å². The molecule has 108 valence electrons. The van der Waals surface area contributed by atoms with Gasteiger partial charge in [0.1, 0.15) is 0 Å². The summed E-state index contributed by atoms with van der Waals surface area (Å²) in [6, 6.07) is 20.6. The number of hydrogen-bond acceptors (Lipinski definition) is 0. The van der Waals surface area contributed by atoms with Crippen LogP contribution in [-0.2, 0) is 0 Å². The minimum atomic E-state index is 1.23. The van der Waals surface area contributed by atoms with Gasteiger partial charge in [0, 0.05) is 0 Å². The summed E-state index contributed by atoms with van der Waals surface area (Å²) >= 11 is 0. The second-order valence-electron chi connectivity index (χ2n) is 3.15. The zero-order chi connectivity index (χ0) is 15.6. The summed E-state index contributed by atoms with van der Waals surface area (Å²) < 4.78 is 0. The standard InChI is InChI=1S/C14H12.2C2H6.C2H4/c1-3-7-13(8-4-1)11-12-14-9-5-2-6-10-14;3*1-2/h1-12H;2*1-2H3;1-2H2/b12-11+;;;. The maximum atomic E-state index is 3.00. The first kappa shape index (κ1) is 20.2. The third-order valence-corrected chi connectivity index (χ3v) is 2.07. The molecule has 0 bridgehead atoms. The molecule has 2 aromatic carbocycles. The second-order valence-corrected chi connectivity index (χ2v) is 3.15. The van der Waals surface area contributed by atoms with Gasteiger partial charge >= 0.3 is 0 Å². The van der Waals surface area contributed by atoms with Crippen LogP contribution in [0, 0.1) is 0 Å². The van der Waals surface area contributed by atoms with Crippen molar-refractivity contribution >= 4 is 12.2 Å². The van der Waals surface area contributed by atoms with Crippen LogP contribution in [0.25, 0.3) is 12.2 Å². The summed E-state index contributed by atoms with van der Waals surface area (Å²) in [6.07, 6.45) is 4.24. The number of hydrogen-bond donors (Lipinski definition) is 0. The van der Waals surface area contributed by atoms with E-state index in [1.165, 1.54) is 11.1 Å². The highest BCUT2D eigenvalue weighted by atomic mass is 13.9. The van der Waals surface area contributed by atoms with Gasteiger partial charge < -0.3 is 0 Å². The van der Waals surface area contributed by atoms with Crippen molar-refractivity contribution in [3.63, 3.8) is 0 Å². The Bertz CT molecular complexity index is 371. The van der Waals surface area contributed by atoms with Gasteiger partial charge in [-0.25, -0.2) is 0 Å². The molecule has 0 amide bonds. The lowest BCUT2D eigenvalue weighted by Gasteiger charge is -1.92. The Morgan fingerprint density at radius 2 is 0.800 bits per heavy atom. The van der Waals surface area contributed by atoms with Crippen LogP contribution in [0.4, 0.5) is 0 Å². The maximum absolute atomic E-state index is 3.00. The van der Waals surface area contributed by atoms with Crippen LogP contribution in [0.1, 0.15) is 38.8 Å². The highest BCUT2D eigenvalue weighted by molar-refractivity contribution is 5.69. The summed E-state index contributed by atoms with van der Waals surface area (Å²) in [6.45, 7) is 14.0. The fourth-order valence-corrected chi connectivity index (χ4v) is 1.32. The predicted molar refractivity (Wildman–Crippen MR) is 95.8 cm³/mol. The molecule has 0 unspecified atom stereocenters. The van der Waals surface area contributed by atoms with Crippen molar-refractivity contribution in [2.45, 2.75) is 27.7 Å². The topological polar surface area (TPSA) is 0 Å². The molecule has 0 fully saturated rings. The molecule has 0 aromatic heterocycles. The lowest BCUT2D eigenvalue weighted by atomic mass is 10.1. The van der Waals surface area contributed by atoms with Gasteiger partial charge in [-0.05, 0) is 11.1 Å². The van der Waals surface area contributed by atoms with E-state index >= 15 is 0 Å². The zero-order valence-electron chi connectivity index (χ0n) is 13.3. The monoisotopic (exact) mass is 268 g/mol. The Balaban J connectivity index is 0. The first-order chi connectivity index (χ1) is 9.95. The Morgan fingerprint density at radius 3 is 1.05 bits per heavy atom. The van der Waals surface area contributed by atoms with Crippen LogP contribution in [0.2, 0.25) is 0 Å². The van der Waals surface area contributed by atoms with E-state index in [2.05, 4.69) is 49.6 Å². The van der Waals surface area contributed by atoms with Gasteiger partial charge in [-0.1, -0.05) is 101 Å². The fraction of sp³-hybridized carbons (Fsp3) is 0.200. The van der Waals surface area contributed by atoms with Crippen molar-refractivity contribution in [2.75, 3.05) is 0 Å². The molecule has 0 heterocycles. The maximum Gasteiger partial charge on any atom is -0.0256 e. The first-order valence-corrected chi connectivity index (χ1v) is 7.23. The van der Waals surface area contributed by atoms with Crippen molar-refractivity contribution in [1.29, 1.82) is 0 Å². The van der Waals surface area contributed by atoms with Gasteiger partial charge in [0.05, 0.1) is 0 Å². The van der Waals surface area contributed by atoms with Crippen LogP contribution < -0.4 is 0 Å². The van der Waals surface area contributed by atoms with Crippen molar-refractivity contribution in [3.8, 4) is 0 Å². The molecule has 0 aliphatic heterocycles. The van der Waals surface area contributed by atoms with Gasteiger partial charge in [-0.15, -0.1) is 13.2 Å². The molecule has 0 aliphatic carbocycles. The van der Waals surface area contributed by atoms with E-state index in [-0.39, 0.29) is 0 Å². The third kappa shape index (κ3) is 9.90. The average molecular weight is 268 g/mol. The number of benzene rings is 2. The molecular formula is C20H28. The van der Waals surface area contributed by atoms with Crippen LogP contribution in [0.15, 0.2) is 73.8 Å². The summed E-state index contributed by atoms with van der Waals surface area (Å²) in [5.74, 6) is 0. The van der Waals surface area contributed by atoms with Gasteiger partial charge in [0.2, 0.25) is 0 Å². The molecule has 0 N–H and O–H groups in total.